The monoisotopic (exact) mass is 132 g/mol. The summed E-state index contributed by atoms with van der Waals surface area (Å²) in [6.07, 6.45) is 0.133. The van der Waals surface area contributed by atoms with E-state index < -0.39 is 12.1 Å². The van der Waals surface area contributed by atoms with Gasteiger partial charge in [0.2, 0.25) is 0 Å². The molecule has 2 unspecified atom stereocenters. The first-order valence-electron chi connectivity index (χ1n) is 3.01. The summed E-state index contributed by atoms with van der Waals surface area (Å²) in [5.74, 6) is -0.418. The number of hydrogen-bond donors (Lipinski definition) is 0. The van der Waals surface area contributed by atoms with Crippen molar-refractivity contribution in [3.8, 4) is 0 Å². The third kappa shape index (κ3) is 1.48. The lowest BCUT2D eigenvalue weighted by Gasteiger charge is -2.20. The standard InChI is InChI=1S/C6H9FO2/c7-6-4-9-2-1-5(6)3-8/h3,5-6H,1-2,4H2. The van der Waals surface area contributed by atoms with Gasteiger partial charge in [-0.1, -0.05) is 0 Å². The zero-order valence-electron chi connectivity index (χ0n) is 5.05. The Morgan fingerprint density at radius 3 is 2.89 bits per heavy atom. The molecule has 1 fully saturated rings. The van der Waals surface area contributed by atoms with Crippen molar-refractivity contribution >= 4 is 6.29 Å². The number of ether oxygens (including phenoxy) is 1. The number of carbonyl (C=O) groups is 1. The van der Waals surface area contributed by atoms with E-state index in [0.29, 0.717) is 19.3 Å². The van der Waals surface area contributed by atoms with Crippen molar-refractivity contribution in [3.63, 3.8) is 0 Å². The van der Waals surface area contributed by atoms with Crippen LogP contribution in [0.3, 0.4) is 0 Å². The van der Waals surface area contributed by atoms with Crippen LogP contribution in [0, 0.1) is 5.92 Å². The van der Waals surface area contributed by atoms with Crippen LogP contribution in [0.4, 0.5) is 4.39 Å². The molecule has 0 radical (unpaired) electrons. The first kappa shape index (κ1) is 6.68. The molecule has 1 saturated heterocycles. The van der Waals surface area contributed by atoms with Crippen LogP contribution in [0.2, 0.25) is 0 Å². The van der Waals surface area contributed by atoms with E-state index in [0.717, 1.165) is 0 Å². The summed E-state index contributed by atoms with van der Waals surface area (Å²) in [7, 11) is 0. The smallest absolute Gasteiger partial charge is 0.133 e. The molecule has 0 bridgehead atoms. The topological polar surface area (TPSA) is 26.3 Å². The fraction of sp³-hybridized carbons (Fsp3) is 0.833. The molecule has 1 rings (SSSR count). The number of hydrogen-bond acceptors (Lipinski definition) is 2. The maximum Gasteiger partial charge on any atom is 0.133 e. The highest BCUT2D eigenvalue weighted by Gasteiger charge is 2.24. The molecule has 1 aliphatic heterocycles. The van der Waals surface area contributed by atoms with E-state index in [9.17, 15) is 9.18 Å². The van der Waals surface area contributed by atoms with Gasteiger partial charge in [0, 0.05) is 6.61 Å². The van der Waals surface area contributed by atoms with Crippen LogP contribution in [0.5, 0.6) is 0 Å². The number of alkyl halides is 1. The molecule has 2 atom stereocenters. The van der Waals surface area contributed by atoms with Gasteiger partial charge in [-0.25, -0.2) is 4.39 Å². The first-order valence-corrected chi connectivity index (χ1v) is 3.01. The molecule has 2 nitrogen and oxygen atoms in total. The van der Waals surface area contributed by atoms with Crippen molar-refractivity contribution < 1.29 is 13.9 Å². The summed E-state index contributed by atoms with van der Waals surface area (Å²) >= 11 is 0. The predicted molar refractivity (Wildman–Crippen MR) is 29.9 cm³/mol. The van der Waals surface area contributed by atoms with Crippen molar-refractivity contribution in [2.24, 2.45) is 5.92 Å². The Balaban J connectivity index is 2.38. The molecule has 0 saturated carbocycles. The lowest BCUT2D eigenvalue weighted by atomic mass is 10.0. The fourth-order valence-corrected chi connectivity index (χ4v) is 0.873. The molecule has 0 amide bonds. The Labute approximate surface area is 53.0 Å². The zero-order valence-corrected chi connectivity index (χ0v) is 5.05. The summed E-state index contributed by atoms with van der Waals surface area (Å²) in [4.78, 5) is 10.1. The number of rotatable bonds is 1. The number of aldehydes is 1. The third-order valence-corrected chi connectivity index (χ3v) is 1.51. The van der Waals surface area contributed by atoms with E-state index in [-0.39, 0.29) is 6.61 Å². The highest BCUT2D eigenvalue weighted by Crippen LogP contribution is 2.15. The van der Waals surface area contributed by atoms with E-state index >= 15 is 0 Å². The van der Waals surface area contributed by atoms with Gasteiger partial charge in [0.05, 0.1) is 12.5 Å². The largest absolute Gasteiger partial charge is 0.378 e. The van der Waals surface area contributed by atoms with Crippen molar-refractivity contribution in [1.29, 1.82) is 0 Å². The molecular formula is C6H9FO2. The SMILES string of the molecule is O=CC1CCOCC1F. The molecule has 1 aliphatic rings. The zero-order chi connectivity index (χ0) is 6.69. The Morgan fingerprint density at radius 1 is 1.67 bits per heavy atom. The Morgan fingerprint density at radius 2 is 2.44 bits per heavy atom. The summed E-state index contributed by atoms with van der Waals surface area (Å²) in [6.45, 7) is 0.604. The summed E-state index contributed by atoms with van der Waals surface area (Å²) in [5, 5.41) is 0. The van der Waals surface area contributed by atoms with E-state index in [2.05, 4.69) is 0 Å². The van der Waals surface area contributed by atoms with Crippen molar-refractivity contribution in [3.05, 3.63) is 0 Å². The molecule has 0 spiro atoms. The second-order valence-corrected chi connectivity index (χ2v) is 2.18. The molecule has 0 aliphatic carbocycles. The van der Waals surface area contributed by atoms with Gasteiger partial charge < -0.3 is 9.53 Å². The second-order valence-electron chi connectivity index (χ2n) is 2.18. The fourth-order valence-electron chi connectivity index (χ4n) is 0.873. The van der Waals surface area contributed by atoms with Gasteiger partial charge in [-0.2, -0.15) is 0 Å². The highest BCUT2D eigenvalue weighted by molar-refractivity contribution is 5.54. The summed E-state index contributed by atoms with van der Waals surface area (Å²) < 4.78 is 17.3. The minimum Gasteiger partial charge on any atom is -0.378 e. The Bertz CT molecular complexity index is 105. The van der Waals surface area contributed by atoms with Crippen LogP contribution in [0.1, 0.15) is 6.42 Å². The van der Waals surface area contributed by atoms with Crippen molar-refractivity contribution in [1.82, 2.24) is 0 Å². The van der Waals surface area contributed by atoms with Gasteiger partial charge in [-0.15, -0.1) is 0 Å². The minimum atomic E-state index is -1.07. The van der Waals surface area contributed by atoms with E-state index in [1.165, 1.54) is 0 Å². The maximum absolute atomic E-state index is 12.5. The normalized spacial score (nSPS) is 36.1. The van der Waals surface area contributed by atoms with Gasteiger partial charge in [-0.3, -0.25) is 0 Å². The van der Waals surface area contributed by atoms with E-state index in [1.807, 2.05) is 0 Å². The van der Waals surface area contributed by atoms with E-state index in [1.54, 1.807) is 0 Å². The molecule has 0 N–H and O–H groups in total. The van der Waals surface area contributed by atoms with Crippen LogP contribution in [0.15, 0.2) is 0 Å². The number of carbonyl (C=O) groups excluding carboxylic acids is 1. The first-order chi connectivity index (χ1) is 4.34. The van der Waals surface area contributed by atoms with Gasteiger partial charge in [-0.05, 0) is 6.42 Å². The van der Waals surface area contributed by atoms with Crippen LogP contribution < -0.4 is 0 Å². The lowest BCUT2D eigenvalue weighted by Crippen LogP contribution is -2.29. The average molecular weight is 132 g/mol. The Kier molecular flexibility index (Phi) is 2.16. The quantitative estimate of drug-likeness (QED) is 0.487. The molecule has 9 heavy (non-hydrogen) atoms. The van der Waals surface area contributed by atoms with Crippen molar-refractivity contribution in [2.75, 3.05) is 13.2 Å². The molecular weight excluding hydrogens is 123 g/mol. The van der Waals surface area contributed by atoms with Gasteiger partial charge in [0.25, 0.3) is 0 Å². The van der Waals surface area contributed by atoms with Crippen LogP contribution >= 0.6 is 0 Å². The van der Waals surface area contributed by atoms with E-state index in [4.69, 9.17) is 4.74 Å². The summed E-state index contributed by atoms with van der Waals surface area (Å²) in [6, 6.07) is 0. The molecule has 0 aromatic carbocycles. The van der Waals surface area contributed by atoms with Crippen LogP contribution in [-0.2, 0) is 9.53 Å². The Hall–Kier alpha value is -0.440. The third-order valence-electron chi connectivity index (χ3n) is 1.51. The maximum atomic E-state index is 12.5. The molecule has 1 heterocycles. The summed E-state index contributed by atoms with van der Waals surface area (Å²) in [5.41, 5.74) is 0. The molecule has 3 heteroatoms. The molecule has 52 valence electrons. The van der Waals surface area contributed by atoms with Gasteiger partial charge in [0.15, 0.2) is 0 Å². The second kappa shape index (κ2) is 2.92. The average Bonchev–Trinajstić information content (AvgIpc) is 1.89. The molecule has 0 aromatic rings. The van der Waals surface area contributed by atoms with Gasteiger partial charge in [0.1, 0.15) is 12.5 Å². The van der Waals surface area contributed by atoms with Gasteiger partial charge >= 0.3 is 0 Å². The minimum absolute atomic E-state index is 0.0867. The lowest BCUT2D eigenvalue weighted by molar-refractivity contribution is -0.117. The van der Waals surface area contributed by atoms with Crippen molar-refractivity contribution in [2.45, 2.75) is 12.6 Å². The number of halogens is 1. The van der Waals surface area contributed by atoms with Crippen LogP contribution in [0.25, 0.3) is 0 Å². The van der Waals surface area contributed by atoms with Crippen LogP contribution in [-0.4, -0.2) is 25.7 Å². The molecule has 0 aromatic heterocycles. The predicted octanol–water partition coefficient (Wildman–Crippen LogP) is 0.560. The highest BCUT2D eigenvalue weighted by atomic mass is 19.1.